The normalized spacial score (nSPS) is 15.1. The monoisotopic (exact) mass is 270 g/mol. The minimum absolute atomic E-state index is 0.742. The van der Waals surface area contributed by atoms with Crippen LogP contribution in [0.25, 0.3) is 0 Å². The Morgan fingerprint density at radius 3 is 2.80 bits per heavy atom. The number of aromatic nitrogens is 2. The van der Waals surface area contributed by atoms with Gasteiger partial charge in [0, 0.05) is 37.7 Å². The number of rotatable bonds is 4. The Morgan fingerprint density at radius 1 is 1.15 bits per heavy atom. The average Bonchev–Trinajstić information content (AvgIpc) is 2.55. The molecular weight excluding hydrogens is 252 g/mol. The summed E-state index contributed by atoms with van der Waals surface area (Å²) in [6.07, 6.45) is 5.10. The Labute approximate surface area is 118 Å². The van der Waals surface area contributed by atoms with Crippen LogP contribution < -0.4 is 10.2 Å². The van der Waals surface area contributed by atoms with Gasteiger partial charge in [-0.25, -0.2) is 4.98 Å². The largest absolute Gasteiger partial charge is 0.378 e. The zero-order valence-corrected chi connectivity index (χ0v) is 11.3. The Morgan fingerprint density at radius 2 is 2.00 bits per heavy atom. The number of hydrogen-bond donors (Lipinski definition) is 1. The van der Waals surface area contributed by atoms with Crippen molar-refractivity contribution in [1.29, 1.82) is 0 Å². The van der Waals surface area contributed by atoms with Gasteiger partial charge in [0.1, 0.15) is 5.82 Å². The fourth-order valence-corrected chi connectivity index (χ4v) is 2.35. The summed E-state index contributed by atoms with van der Waals surface area (Å²) < 4.78 is 5.41. The standard InChI is InChI=1S/C15H18N4O/c1-2-4-14(19-7-9-20-10-8-19)13(3-1)11-18-15-12-16-5-6-17-15/h1-6,12H,7-11H2,(H,17,18). The van der Waals surface area contributed by atoms with Crippen molar-refractivity contribution in [2.45, 2.75) is 6.54 Å². The van der Waals surface area contributed by atoms with Crippen LogP contribution in [0.5, 0.6) is 0 Å². The van der Waals surface area contributed by atoms with Gasteiger partial charge in [-0.3, -0.25) is 4.98 Å². The smallest absolute Gasteiger partial charge is 0.144 e. The van der Waals surface area contributed by atoms with E-state index < -0.39 is 0 Å². The topological polar surface area (TPSA) is 50.3 Å². The van der Waals surface area contributed by atoms with Gasteiger partial charge in [0.2, 0.25) is 0 Å². The van der Waals surface area contributed by atoms with Crippen molar-refractivity contribution >= 4 is 11.5 Å². The lowest BCUT2D eigenvalue weighted by atomic mass is 10.1. The number of ether oxygens (including phenoxy) is 1. The van der Waals surface area contributed by atoms with E-state index in [-0.39, 0.29) is 0 Å². The predicted molar refractivity (Wildman–Crippen MR) is 78.8 cm³/mol. The van der Waals surface area contributed by atoms with Crippen molar-refractivity contribution < 1.29 is 4.74 Å². The van der Waals surface area contributed by atoms with Gasteiger partial charge in [-0.2, -0.15) is 0 Å². The van der Waals surface area contributed by atoms with E-state index in [1.807, 2.05) is 0 Å². The molecule has 104 valence electrons. The van der Waals surface area contributed by atoms with Gasteiger partial charge in [-0.15, -0.1) is 0 Å². The Balaban J connectivity index is 1.72. The van der Waals surface area contributed by atoms with Crippen molar-refractivity contribution in [1.82, 2.24) is 9.97 Å². The number of nitrogens with one attached hydrogen (secondary N) is 1. The summed E-state index contributed by atoms with van der Waals surface area (Å²) in [6.45, 7) is 4.23. The second-order valence-electron chi connectivity index (χ2n) is 4.67. The number of nitrogens with zero attached hydrogens (tertiary/aromatic N) is 3. The van der Waals surface area contributed by atoms with E-state index in [4.69, 9.17) is 4.74 Å². The lowest BCUT2D eigenvalue weighted by Crippen LogP contribution is -2.36. The SMILES string of the molecule is c1ccc(N2CCOCC2)c(CNc2cnccn2)c1. The second-order valence-corrected chi connectivity index (χ2v) is 4.67. The molecule has 0 radical (unpaired) electrons. The highest BCUT2D eigenvalue weighted by molar-refractivity contribution is 5.55. The Kier molecular flexibility index (Phi) is 4.08. The van der Waals surface area contributed by atoms with Crippen LogP contribution in [0, 0.1) is 0 Å². The molecule has 0 bridgehead atoms. The summed E-state index contributed by atoms with van der Waals surface area (Å²) in [7, 11) is 0. The molecule has 1 aromatic carbocycles. The summed E-state index contributed by atoms with van der Waals surface area (Å²) in [5, 5.41) is 3.31. The summed E-state index contributed by atoms with van der Waals surface area (Å²) in [5.74, 6) is 0.796. The fourth-order valence-electron chi connectivity index (χ4n) is 2.35. The summed E-state index contributed by atoms with van der Waals surface area (Å²) in [4.78, 5) is 10.7. The molecule has 2 aromatic rings. The maximum atomic E-state index is 5.41. The third kappa shape index (κ3) is 3.05. The van der Waals surface area contributed by atoms with Gasteiger partial charge in [0.15, 0.2) is 0 Å². The number of benzene rings is 1. The molecule has 3 rings (SSSR count). The molecule has 2 heterocycles. The first-order valence-corrected chi connectivity index (χ1v) is 6.84. The Hall–Kier alpha value is -2.14. The molecule has 1 aliphatic heterocycles. The van der Waals surface area contributed by atoms with Crippen LogP contribution in [-0.4, -0.2) is 36.3 Å². The highest BCUT2D eigenvalue weighted by Crippen LogP contribution is 2.22. The molecule has 0 atom stereocenters. The van der Waals surface area contributed by atoms with E-state index in [2.05, 4.69) is 44.5 Å². The molecule has 1 saturated heterocycles. The van der Waals surface area contributed by atoms with Crippen molar-refractivity contribution in [2.24, 2.45) is 0 Å². The zero-order valence-electron chi connectivity index (χ0n) is 11.3. The third-order valence-corrected chi connectivity index (χ3v) is 3.37. The number of hydrogen-bond acceptors (Lipinski definition) is 5. The highest BCUT2D eigenvalue weighted by atomic mass is 16.5. The first-order valence-electron chi connectivity index (χ1n) is 6.84. The molecule has 0 unspecified atom stereocenters. The van der Waals surface area contributed by atoms with Crippen LogP contribution in [0.15, 0.2) is 42.9 Å². The van der Waals surface area contributed by atoms with Gasteiger partial charge in [-0.1, -0.05) is 18.2 Å². The maximum Gasteiger partial charge on any atom is 0.144 e. The molecule has 0 saturated carbocycles. The third-order valence-electron chi connectivity index (χ3n) is 3.37. The van der Waals surface area contributed by atoms with E-state index in [9.17, 15) is 0 Å². The van der Waals surface area contributed by atoms with Crippen LogP contribution in [0.3, 0.4) is 0 Å². The van der Waals surface area contributed by atoms with Crippen LogP contribution in [0.1, 0.15) is 5.56 Å². The average molecular weight is 270 g/mol. The van der Waals surface area contributed by atoms with Crippen molar-refractivity contribution in [3.05, 3.63) is 48.4 Å². The first-order chi connectivity index (χ1) is 9.93. The molecule has 1 aromatic heterocycles. The van der Waals surface area contributed by atoms with Crippen LogP contribution in [0.4, 0.5) is 11.5 Å². The number of anilines is 2. The molecule has 20 heavy (non-hydrogen) atoms. The minimum Gasteiger partial charge on any atom is -0.378 e. The van der Waals surface area contributed by atoms with Crippen molar-refractivity contribution in [2.75, 3.05) is 36.5 Å². The molecule has 0 spiro atoms. The first kappa shape index (κ1) is 12.9. The highest BCUT2D eigenvalue weighted by Gasteiger charge is 2.14. The second kappa shape index (κ2) is 6.34. The van der Waals surface area contributed by atoms with E-state index in [1.165, 1.54) is 11.3 Å². The van der Waals surface area contributed by atoms with Crippen LogP contribution >= 0.6 is 0 Å². The molecule has 5 heteroatoms. The molecule has 0 amide bonds. The molecular formula is C15H18N4O. The van der Waals surface area contributed by atoms with E-state index >= 15 is 0 Å². The molecule has 0 aliphatic carbocycles. The molecule has 5 nitrogen and oxygen atoms in total. The summed E-state index contributed by atoms with van der Waals surface area (Å²) in [5.41, 5.74) is 2.53. The van der Waals surface area contributed by atoms with Crippen LogP contribution in [-0.2, 0) is 11.3 Å². The van der Waals surface area contributed by atoms with E-state index in [0.29, 0.717) is 0 Å². The number of morpholine rings is 1. The number of para-hydroxylation sites is 1. The van der Waals surface area contributed by atoms with E-state index in [0.717, 1.165) is 38.7 Å². The predicted octanol–water partition coefficient (Wildman–Crippen LogP) is 1.93. The van der Waals surface area contributed by atoms with Gasteiger partial charge in [-0.05, 0) is 11.6 Å². The maximum absolute atomic E-state index is 5.41. The quantitative estimate of drug-likeness (QED) is 0.920. The zero-order chi connectivity index (χ0) is 13.6. The summed E-state index contributed by atoms with van der Waals surface area (Å²) >= 11 is 0. The minimum atomic E-state index is 0.742. The van der Waals surface area contributed by atoms with Crippen molar-refractivity contribution in [3.8, 4) is 0 Å². The Bertz CT molecular complexity index is 541. The molecule has 1 aliphatic rings. The lowest BCUT2D eigenvalue weighted by molar-refractivity contribution is 0.122. The fraction of sp³-hybridized carbons (Fsp3) is 0.333. The summed E-state index contributed by atoms with van der Waals surface area (Å²) in [6, 6.07) is 8.46. The molecule has 1 fully saturated rings. The van der Waals surface area contributed by atoms with Gasteiger partial charge < -0.3 is 15.0 Å². The lowest BCUT2D eigenvalue weighted by Gasteiger charge is -2.30. The van der Waals surface area contributed by atoms with Crippen molar-refractivity contribution in [3.63, 3.8) is 0 Å². The van der Waals surface area contributed by atoms with Gasteiger partial charge in [0.05, 0.1) is 19.4 Å². The van der Waals surface area contributed by atoms with Gasteiger partial charge >= 0.3 is 0 Å². The van der Waals surface area contributed by atoms with Gasteiger partial charge in [0.25, 0.3) is 0 Å². The van der Waals surface area contributed by atoms with Crippen LogP contribution in [0.2, 0.25) is 0 Å². The van der Waals surface area contributed by atoms with E-state index in [1.54, 1.807) is 18.6 Å². The molecule has 1 N–H and O–H groups in total.